The maximum absolute atomic E-state index is 13.2. The monoisotopic (exact) mass is 304 g/mol. The molecule has 17 heavy (non-hydrogen) atoms. The standard InChI is InChI=1S/C8H4Cl2F2O4S/c1-16-8(13)3-2-4(11)6(12)7(5(3)9)17(10,14)15/h2H,1H3. The van der Waals surface area contributed by atoms with Gasteiger partial charge in [-0.2, -0.15) is 0 Å². The molecule has 1 aromatic rings. The average molecular weight is 305 g/mol. The molecule has 0 aliphatic heterocycles. The summed E-state index contributed by atoms with van der Waals surface area (Å²) in [7, 11) is 1.22. The molecule has 0 unspecified atom stereocenters. The molecule has 0 saturated heterocycles. The average Bonchev–Trinajstić information content (AvgIpc) is 2.20. The number of ether oxygens (including phenoxy) is 1. The van der Waals surface area contributed by atoms with Gasteiger partial charge in [-0.25, -0.2) is 22.0 Å². The van der Waals surface area contributed by atoms with E-state index in [0.717, 1.165) is 7.11 Å². The van der Waals surface area contributed by atoms with Gasteiger partial charge in [0.15, 0.2) is 11.6 Å². The zero-order valence-corrected chi connectivity index (χ0v) is 10.5. The molecule has 0 radical (unpaired) electrons. The van der Waals surface area contributed by atoms with Crippen LogP contribution in [0.5, 0.6) is 0 Å². The van der Waals surface area contributed by atoms with Crippen molar-refractivity contribution in [3.05, 3.63) is 28.3 Å². The molecule has 94 valence electrons. The molecule has 1 rings (SSSR count). The van der Waals surface area contributed by atoms with E-state index in [9.17, 15) is 22.0 Å². The van der Waals surface area contributed by atoms with Gasteiger partial charge in [0, 0.05) is 10.7 Å². The van der Waals surface area contributed by atoms with Crippen LogP contribution in [-0.2, 0) is 13.8 Å². The first-order valence-corrected chi connectivity index (χ1v) is 6.59. The quantitative estimate of drug-likeness (QED) is 0.478. The Morgan fingerprint density at radius 3 is 2.35 bits per heavy atom. The third-order valence-electron chi connectivity index (χ3n) is 1.77. The van der Waals surface area contributed by atoms with E-state index in [2.05, 4.69) is 4.74 Å². The van der Waals surface area contributed by atoms with Gasteiger partial charge >= 0.3 is 5.97 Å². The molecule has 0 fully saturated rings. The lowest BCUT2D eigenvalue weighted by molar-refractivity contribution is 0.0600. The van der Waals surface area contributed by atoms with E-state index in [0.29, 0.717) is 6.07 Å². The Balaban J connectivity index is 3.73. The van der Waals surface area contributed by atoms with Crippen LogP contribution in [0.25, 0.3) is 0 Å². The number of hydrogen-bond donors (Lipinski definition) is 0. The van der Waals surface area contributed by atoms with Crippen molar-refractivity contribution in [1.29, 1.82) is 0 Å². The summed E-state index contributed by atoms with van der Waals surface area (Å²) in [6, 6.07) is 0.426. The summed E-state index contributed by atoms with van der Waals surface area (Å²) in [6.07, 6.45) is 0. The molecule has 9 heteroatoms. The maximum Gasteiger partial charge on any atom is 0.339 e. The summed E-state index contributed by atoms with van der Waals surface area (Å²) in [5.74, 6) is -4.44. The summed E-state index contributed by atoms with van der Waals surface area (Å²) in [5, 5.41) is -0.828. The molecule has 0 aliphatic rings. The van der Waals surface area contributed by atoms with E-state index in [1.807, 2.05) is 0 Å². The zero-order valence-electron chi connectivity index (χ0n) is 8.13. The highest BCUT2D eigenvalue weighted by atomic mass is 35.7. The Bertz CT molecular complexity index is 586. The fourth-order valence-corrected chi connectivity index (χ4v) is 2.76. The van der Waals surface area contributed by atoms with Crippen LogP contribution in [-0.4, -0.2) is 21.5 Å². The molecular weight excluding hydrogens is 301 g/mol. The number of methoxy groups -OCH3 is 1. The minimum atomic E-state index is -4.63. The lowest BCUT2D eigenvalue weighted by Gasteiger charge is -2.07. The van der Waals surface area contributed by atoms with E-state index >= 15 is 0 Å². The highest BCUT2D eigenvalue weighted by Crippen LogP contribution is 2.32. The zero-order chi connectivity index (χ0) is 13.4. The molecule has 0 aromatic heterocycles. The van der Waals surface area contributed by atoms with Gasteiger partial charge in [-0.15, -0.1) is 0 Å². The van der Waals surface area contributed by atoms with Crippen LogP contribution < -0.4 is 0 Å². The molecule has 0 N–H and O–H groups in total. The Morgan fingerprint density at radius 1 is 1.41 bits per heavy atom. The van der Waals surface area contributed by atoms with Crippen molar-refractivity contribution in [2.45, 2.75) is 4.90 Å². The van der Waals surface area contributed by atoms with Crippen LogP contribution in [0.4, 0.5) is 8.78 Å². The van der Waals surface area contributed by atoms with Gasteiger partial charge in [-0.1, -0.05) is 11.6 Å². The number of esters is 1. The van der Waals surface area contributed by atoms with Crippen LogP contribution in [0, 0.1) is 11.6 Å². The number of benzene rings is 1. The van der Waals surface area contributed by atoms with Crippen molar-refractivity contribution in [2.75, 3.05) is 7.11 Å². The fraction of sp³-hybridized carbons (Fsp3) is 0.125. The Morgan fingerprint density at radius 2 is 1.94 bits per heavy atom. The van der Waals surface area contributed by atoms with Crippen LogP contribution in [0.3, 0.4) is 0 Å². The highest BCUT2D eigenvalue weighted by Gasteiger charge is 2.29. The highest BCUT2D eigenvalue weighted by molar-refractivity contribution is 8.13. The Labute approximate surface area is 105 Å². The number of rotatable bonds is 2. The smallest absolute Gasteiger partial charge is 0.339 e. The van der Waals surface area contributed by atoms with E-state index in [1.54, 1.807) is 0 Å². The van der Waals surface area contributed by atoms with Crippen molar-refractivity contribution in [1.82, 2.24) is 0 Å². The fourth-order valence-electron chi connectivity index (χ4n) is 1.05. The summed E-state index contributed by atoms with van der Waals surface area (Å²) in [4.78, 5) is 9.85. The second-order valence-corrected chi connectivity index (χ2v) is 5.67. The van der Waals surface area contributed by atoms with Crippen LogP contribution in [0.15, 0.2) is 11.0 Å². The minimum absolute atomic E-state index is 0.426. The maximum atomic E-state index is 13.2. The summed E-state index contributed by atoms with van der Waals surface area (Å²) >= 11 is 5.47. The van der Waals surface area contributed by atoms with Crippen molar-refractivity contribution in [2.24, 2.45) is 0 Å². The molecule has 0 heterocycles. The van der Waals surface area contributed by atoms with E-state index in [-0.39, 0.29) is 0 Å². The lowest BCUT2D eigenvalue weighted by atomic mass is 10.2. The first kappa shape index (κ1) is 14.1. The third-order valence-corrected chi connectivity index (χ3v) is 3.60. The van der Waals surface area contributed by atoms with Crippen molar-refractivity contribution in [3.63, 3.8) is 0 Å². The predicted molar refractivity (Wildman–Crippen MR) is 55.7 cm³/mol. The SMILES string of the molecule is COC(=O)c1cc(F)c(F)c(S(=O)(=O)Cl)c1Cl. The first-order chi connectivity index (χ1) is 7.70. The van der Waals surface area contributed by atoms with Gasteiger partial charge in [0.2, 0.25) is 0 Å². The number of carbonyl (C=O) groups is 1. The van der Waals surface area contributed by atoms with Crippen molar-refractivity contribution >= 4 is 37.3 Å². The Hall–Kier alpha value is -0.920. The minimum Gasteiger partial charge on any atom is -0.465 e. The van der Waals surface area contributed by atoms with Gasteiger partial charge in [0.1, 0.15) is 4.90 Å². The molecule has 1 aromatic carbocycles. The van der Waals surface area contributed by atoms with Crippen molar-refractivity contribution < 1.29 is 26.7 Å². The van der Waals surface area contributed by atoms with Gasteiger partial charge in [0.05, 0.1) is 17.7 Å². The van der Waals surface area contributed by atoms with E-state index in [1.165, 1.54) is 0 Å². The number of halogens is 4. The molecule has 4 nitrogen and oxygen atoms in total. The largest absolute Gasteiger partial charge is 0.465 e. The molecule has 0 saturated carbocycles. The molecule has 0 spiro atoms. The lowest BCUT2D eigenvalue weighted by Crippen LogP contribution is -2.09. The molecule has 0 aliphatic carbocycles. The van der Waals surface area contributed by atoms with Gasteiger partial charge in [-0.3, -0.25) is 0 Å². The van der Waals surface area contributed by atoms with Gasteiger partial charge in [-0.05, 0) is 6.07 Å². The first-order valence-electron chi connectivity index (χ1n) is 3.90. The van der Waals surface area contributed by atoms with E-state index in [4.69, 9.17) is 22.3 Å². The Kier molecular flexibility index (Phi) is 3.95. The van der Waals surface area contributed by atoms with Gasteiger partial charge < -0.3 is 4.74 Å². The molecule has 0 amide bonds. The predicted octanol–water partition coefficient (Wildman–Crippen LogP) is 2.33. The normalized spacial score (nSPS) is 11.4. The second-order valence-electron chi connectivity index (χ2n) is 2.79. The number of carbonyl (C=O) groups excluding carboxylic acids is 1. The molecular formula is C8H4Cl2F2O4S. The number of hydrogen-bond acceptors (Lipinski definition) is 4. The summed E-state index contributed by atoms with van der Waals surface area (Å²) in [5.41, 5.74) is -0.632. The summed E-state index contributed by atoms with van der Waals surface area (Å²) in [6.45, 7) is 0. The third kappa shape index (κ3) is 2.67. The van der Waals surface area contributed by atoms with Crippen LogP contribution >= 0.6 is 22.3 Å². The topological polar surface area (TPSA) is 60.4 Å². The summed E-state index contributed by atoms with van der Waals surface area (Å²) < 4.78 is 52.6. The second kappa shape index (κ2) is 4.75. The van der Waals surface area contributed by atoms with E-state index < -0.39 is 42.1 Å². The van der Waals surface area contributed by atoms with Gasteiger partial charge in [0.25, 0.3) is 9.05 Å². The van der Waals surface area contributed by atoms with Crippen LogP contribution in [0.1, 0.15) is 10.4 Å². The van der Waals surface area contributed by atoms with Crippen molar-refractivity contribution in [3.8, 4) is 0 Å². The molecule has 0 atom stereocenters. The van der Waals surface area contributed by atoms with Crippen LogP contribution in [0.2, 0.25) is 5.02 Å². The molecule has 0 bridgehead atoms.